The van der Waals surface area contributed by atoms with Crippen molar-refractivity contribution in [2.75, 3.05) is 25.6 Å². The van der Waals surface area contributed by atoms with Gasteiger partial charge in [0.1, 0.15) is 11.5 Å². The largest absolute Gasteiger partial charge is 0.495 e. The molecular formula is C17H15ClN2O7. The molecule has 2 rings (SSSR count). The summed E-state index contributed by atoms with van der Waals surface area (Å²) in [5.74, 6) is -0.601. The molecule has 0 heterocycles. The number of ether oxygens (including phenoxy) is 3. The molecule has 1 amide bonds. The van der Waals surface area contributed by atoms with E-state index in [1.165, 1.54) is 37.4 Å². The average Bonchev–Trinajstić information content (AvgIpc) is 2.65. The lowest BCUT2D eigenvalue weighted by molar-refractivity contribution is -0.384. The Labute approximate surface area is 158 Å². The molecule has 10 heteroatoms. The smallest absolute Gasteiger partial charge is 0.344 e. The predicted molar refractivity (Wildman–Crippen MR) is 96.2 cm³/mol. The highest BCUT2D eigenvalue weighted by molar-refractivity contribution is 6.32. The topological polar surface area (TPSA) is 117 Å². The van der Waals surface area contributed by atoms with Gasteiger partial charge in [-0.3, -0.25) is 14.9 Å². The third kappa shape index (κ3) is 6.15. The Morgan fingerprint density at radius 1 is 1.15 bits per heavy atom. The first-order valence-electron chi connectivity index (χ1n) is 7.55. The molecule has 0 aliphatic heterocycles. The summed E-state index contributed by atoms with van der Waals surface area (Å²) < 4.78 is 14.9. The van der Waals surface area contributed by atoms with Crippen LogP contribution in [-0.2, 0) is 14.3 Å². The van der Waals surface area contributed by atoms with Crippen molar-refractivity contribution in [3.05, 3.63) is 57.6 Å². The highest BCUT2D eigenvalue weighted by Crippen LogP contribution is 2.27. The Kier molecular flexibility index (Phi) is 6.95. The summed E-state index contributed by atoms with van der Waals surface area (Å²) in [7, 11) is 1.47. The van der Waals surface area contributed by atoms with Gasteiger partial charge in [-0.2, -0.15) is 0 Å². The normalized spacial score (nSPS) is 10.0. The summed E-state index contributed by atoms with van der Waals surface area (Å²) in [6.45, 7) is -0.953. The Morgan fingerprint density at radius 3 is 2.44 bits per heavy atom. The van der Waals surface area contributed by atoms with E-state index in [9.17, 15) is 19.7 Å². The first-order valence-corrected chi connectivity index (χ1v) is 7.93. The zero-order valence-electron chi connectivity index (χ0n) is 14.1. The molecule has 27 heavy (non-hydrogen) atoms. The van der Waals surface area contributed by atoms with E-state index >= 15 is 0 Å². The van der Waals surface area contributed by atoms with Gasteiger partial charge in [0.2, 0.25) is 0 Å². The molecule has 0 aliphatic rings. The molecule has 0 radical (unpaired) electrons. The van der Waals surface area contributed by atoms with Crippen LogP contribution in [-0.4, -0.2) is 37.1 Å². The number of nitro benzene ring substituents is 1. The third-order valence-corrected chi connectivity index (χ3v) is 3.50. The Morgan fingerprint density at radius 2 is 1.85 bits per heavy atom. The van der Waals surface area contributed by atoms with E-state index in [1.807, 2.05) is 0 Å². The molecule has 0 fully saturated rings. The van der Waals surface area contributed by atoms with Crippen molar-refractivity contribution in [2.45, 2.75) is 0 Å². The number of nitrogens with one attached hydrogen (secondary N) is 1. The minimum atomic E-state index is -0.767. The van der Waals surface area contributed by atoms with Gasteiger partial charge >= 0.3 is 5.97 Å². The van der Waals surface area contributed by atoms with Gasteiger partial charge in [-0.1, -0.05) is 11.6 Å². The highest BCUT2D eigenvalue weighted by Gasteiger charge is 2.11. The molecule has 0 saturated heterocycles. The van der Waals surface area contributed by atoms with Gasteiger partial charge in [0, 0.05) is 17.8 Å². The van der Waals surface area contributed by atoms with Crippen LogP contribution in [0.1, 0.15) is 0 Å². The van der Waals surface area contributed by atoms with Gasteiger partial charge in [0.25, 0.3) is 11.6 Å². The number of nitrogens with zero attached hydrogens (tertiary/aromatic N) is 1. The van der Waals surface area contributed by atoms with Crippen molar-refractivity contribution >= 4 is 34.9 Å². The summed E-state index contributed by atoms with van der Waals surface area (Å²) in [4.78, 5) is 33.4. The Balaban J connectivity index is 1.75. The molecule has 0 unspecified atom stereocenters. The van der Waals surface area contributed by atoms with Crippen molar-refractivity contribution in [3.8, 4) is 11.5 Å². The van der Waals surface area contributed by atoms with Gasteiger partial charge in [0.15, 0.2) is 13.2 Å². The molecule has 142 valence electrons. The summed E-state index contributed by atoms with van der Waals surface area (Å²) in [5.41, 5.74) is 0.323. The van der Waals surface area contributed by atoms with E-state index in [0.29, 0.717) is 16.5 Å². The predicted octanol–water partition coefficient (Wildman–Crippen LogP) is 2.82. The lowest BCUT2D eigenvalue weighted by atomic mass is 10.3. The van der Waals surface area contributed by atoms with Crippen LogP contribution in [0, 0.1) is 10.1 Å². The van der Waals surface area contributed by atoms with Crippen LogP contribution in [0.3, 0.4) is 0 Å². The maximum Gasteiger partial charge on any atom is 0.344 e. The van der Waals surface area contributed by atoms with Crippen molar-refractivity contribution in [1.82, 2.24) is 0 Å². The van der Waals surface area contributed by atoms with Crippen LogP contribution in [0.25, 0.3) is 0 Å². The van der Waals surface area contributed by atoms with E-state index in [-0.39, 0.29) is 11.4 Å². The van der Waals surface area contributed by atoms with E-state index in [2.05, 4.69) is 5.32 Å². The Bertz CT molecular complexity index is 840. The zero-order valence-corrected chi connectivity index (χ0v) is 14.9. The number of esters is 1. The SMILES string of the molecule is COc1ccc(NC(=O)COC(=O)COc2ccc([N+](=O)[O-])cc2)cc1Cl. The number of halogens is 1. The van der Waals surface area contributed by atoms with Crippen LogP contribution >= 0.6 is 11.6 Å². The number of methoxy groups -OCH3 is 1. The molecule has 1 N–H and O–H groups in total. The number of hydrogen-bond acceptors (Lipinski definition) is 7. The van der Waals surface area contributed by atoms with E-state index in [0.717, 1.165) is 0 Å². The Hall–Kier alpha value is -3.33. The lowest BCUT2D eigenvalue weighted by Crippen LogP contribution is -2.23. The number of nitro groups is 1. The second kappa shape index (κ2) is 9.39. The fourth-order valence-electron chi connectivity index (χ4n) is 1.94. The number of carbonyl (C=O) groups is 2. The zero-order chi connectivity index (χ0) is 19.8. The fourth-order valence-corrected chi connectivity index (χ4v) is 2.19. The lowest BCUT2D eigenvalue weighted by Gasteiger charge is -2.09. The molecule has 0 aromatic heterocycles. The number of carbonyl (C=O) groups excluding carboxylic acids is 2. The van der Waals surface area contributed by atoms with Crippen LogP contribution in [0.4, 0.5) is 11.4 Å². The molecule has 2 aromatic rings. The van der Waals surface area contributed by atoms with Gasteiger partial charge < -0.3 is 19.5 Å². The van der Waals surface area contributed by atoms with E-state index in [4.69, 9.17) is 25.8 Å². The third-order valence-electron chi connectivity index (χ3n) is 3.20. The van der Waals surface area contributed by atoms with Crippen LogP contribution in [0.15, 0.2) is 42.5 Å². The molecular weight excluding hydrogens is 380 g/mol. The number of amides is 1. The monoisotopic (exact) mass is 394 g/mol. The first kappa shape index (κ1) is 20.0. The molecule has 0 atom stereocenters. The number of benzene rings is 2. The van der Waals surface area contributed by atoms with Crippen LogP contribution in [0.5, 0.6) is 11.5 Å². The van der Waals surface area contributed by atoms with E-state index in [1.54, 1.807) is 12.1 Å². The number of anilines is 1. The van der Waals surface area contributed by atoms with E-state index < -0.39 is 30.0 Å². The number of hydrogen-bond donors (Lipinski definition) is 1. The van der Waals surface area contributed by atoms with Crippen LogP contribution < -0.4 is 14.8 Å². The minimum absolute atomic E-state index is 0.0970. The first-order chi connectivity index (χ1) is 12.9. The van der Waals surface area contributed by atoms with Crippen molar-refractivity contribution in [3.63, 3.8) is 0 Å². The summed E-state index contributed by atoms with van der Waals surface area (Å²) in [6.07, 6.45) is 0. The highest BCUT2D eigenvalue weighted by atomic mass is 35.5. The van der Waals surface area contributed by atoms with Crippen molar-refractivity contribution in [1.29, 1.82) is 0 Å². The van der Waals surface area contributed by atoms with Gasteiger partial charge in [-0.05, 0) is 30.3 Å². The quantitative estimate of drug-likeness (QED) is 0.415. The standard InChI is InChI=1S/C17H15ClN2O7/c1-25-15-7-2-11(8-14(15)18)19-16(21)9-27-17(22)10-26-13-5-3-12(4-6-13)20(23)24/h2-8H,9-10H2,1H3,(H,19,21). The maximum atomic E-state index is 11.8. The van der Waals surface area contributed by atoms with Crippen molar-refractivity contribution < 1.29 is 28.7 Å². The van der Waals surface area contributed by atoms with Gasteiger partial charge in [-0.25, -0.2) is 4.79 Å². The number of rotatable bonds is 8. The summed E-state index contributed by atoms with van der Waals surface area (Å²) in [6, 6.07) is 9.86. The molecule has 0 aliphatic carbocycles. The summed E-state index contributed by atoms with van der Waals surface area (Å²) in [5, 5.41) is 13.4. The molecule has 0 spiro atoms. The molecule has 0 bridgehead atoms. The maximum absolute atomic E-state index is 11.8. The van der Waals surface area contributed by atoms with Crippen LogP contribution in [0.2, 0.25) is 5.02 Å². The number of non-ortho nitro benzene ring substituents is 1. The molecule has 2 aromatic carbocycles. The molecule has 9 nitrogen and oxygen atoms in total. The van der Waals surface area contributed by atoms with Gasteiger partial charge in [0.05, 0.1) is 17.1 Å². The second-order valence-corrected chi connectivity index (χ2v) is 5.51. The minimum Gasteiger partial charge on any atom is -0.495 e. The van der Waals surface area contributed by atoms with Gasteiger partial charge in [-0.15, -0.1) is 0 Å². The summed E-state index contributed by atoms with van der Waals surface area (Å²) >= 11 is 5.95. The second-order valence-electron chi connectivity index (χ2n) is 5.10. The fraction of sp³-hybridized carbons (Fsp3) is 0.176. The average molecular weight is 395 g/mol. The van der Waals surface area contributed by atoms with Crippen molar-refractivity contribution in [2.24, 2.45) is 0 Å². The molecule has 0 saturated carbocycles.